The number of benzene rings is 2. The van der Waals surface area contributed by atoms with Gasteiger partial charge in [-0.15, -0.1) is 0 Å². The number of phenolic OH excluding ortho intramolecular Hbond substituents is 1. The van der Waals surface area contributed by atoms with Gasteiger partial charge < -0.3 is 39.2 Å². The highest BCUT2D eigenvalue weighted by Crippen LogP contribution is 2.65. The number of hydrogen-bond acceptors (Lipinski definition) is 11. The van der Waals surface area contributed by atoms with Crippen LogP contribution < -0.4 is 4.74 Å². The smallest absolute Gasteiger partial charge is 0.490 e. The maximum Gasteiger partial charge on any atom is 0.490 e. The summed E-state index contributed by atoms with van der Waals surface area (Å²) >= 11 is 0. The number of halogens is 3. The van der Waals surface area contributed by atoms with Crippen molar-refractivity contribution in [1.29, 1.82) is 0 Å². The molecular formula is C32H32F3NO11. The number of piperidine rings is 1. The summed E-state index contributed by atoms with van der Waals surface area (Å²) < 4.78 is 54.3. The molecule has 6 rings (SSSR count). The molecule has 0 radical (unpaired) electrons. The van der Waals surface area contributed by atoms with Gasteiger partial charge in [0.25, 0.3) is 0 Å². The predicted octanol–water partition coefficient (Wildman–Crippen LogP) is 3.08. The minimum Gasteiger partial charge on any atom is -0.504 e. The first kappa shape index (κ1) is 33.7. The lowest BCUT2D eigenvalue weighted by atomic mass is 9.50. The number of likely N-dealkylation sites (N-methyl/N-ethyl adjacent to an activating group) is 1. The van der Waals surface area contributed by atoms with E-state index >= 15 is 0 Å². The molecule has 2 aromatic carbocycles. The van der Waals surface area contributed by atoms with E-state index in [-0.39, 0.29) is 24.0 Å². The van der Waals surface area contributed by atoms with Crippen LogP contribution in [0.25, 0.3) is 0 Å². The van der Waals surface area contributed by atoms with Crippen molar-refractivity contribution >= 4 is 23.9 Å². The molecule has 6 atom stereocenters. The average molecular weight is 664 g/mol. The number of esters is 3. The molecule has 2 aromatic rings. The molecule has 12 nitrogen and oxygen atoms in total. The Morgan fingerprint density at radius 2 is 1.72 bits per heavy atom. The van der Waals surface area contributed by atoms with Crippen molar-refractivity contribution in [2.24, 2.45) is 0 Å². The number of ether oxygens (including phenoxy) is 4. The molecule has 3 N–H and O–H groups in total. The fraction of sp³-hybridized carbons (Fsp3) is 0.438. The summed E-state index contributed by atoms with van der Waals surface area (Å²) in [5, 5.41) is 30.0. The van der Waals surface area contributed by atoms with Crippen molar-refractivity contribution in [3.05, 3.63) is 71.0 Å². The molecule has 2 aliphatic carbocycles. The maximum atomic E-state index is 13.2. The first-order valence-electron chi connectivity index (χ1n) is 14.6. The third kappa shape index (κ3) is 5.78. The summed E-state index contributed by atoms with van der Waals surface area (Å²) in [6.45, 7) is 3.24. The molecule has 2 bridgehead atoms. The summed E-state index contributed by atoms with van der Waals surface area (Å²) in [5.41, 5.74) is 0.0569. The molecule has 0 saturated carbocycles. The summed E-state index contributed by atoms with van der Waals surface area (Å²) in [7, 11) is 1.99. The topological polar surface area (TPSA) is 169 Å². The number of carboxylic acid groups (broad SMARTS) is 1. The van der Waals surface area contributed by atoms with Crippen LogP contribution in [0.2, 0.25) is 0 Å². The van der Waals surface area contributed by atoms with Crippen LogP contribution in [0, 0.1) is 0 Å². The van der Waals surface area contributed by atoms with Gasteiger partial charge in [0.2, 0.25) is 6.10 Å². The highest BCUT2D eigenvalue weighted by Gasteiger charge is 2.72. The minimum absolute atomic E-state index is 0.0346. The van der Waals surface area contributed by atoms with E-state index in [1.54, 1.807) is 42.5 Å². The van der Waals surface area contributed by atoms with Crippen LogP contribution in [0.3, 0.4) is 0 Å². The molecule has 2 aliphatic heterocycles. The third-order valence-electron chi connectivity index (χ3n) is 9.04. The lowest BCUT2D eigenvalue weighted by molar-refractivity contribution is -0.192. The minimum atomic E-state index is -5.08. The maximum absolute atomic E-state index is 13.2. The van der Waals surface area contributed by atoms with Crippen LogP contribution in [-0.2, 0) is 45.2 Å². The molecule has 1 saturated heterocycles. The van der Waals surface area contributed by atoms with Crippen LogP contribution in [0.4, 0.5) is 13.2 Å². The van der Waals surface area contributed by atoms with Crippen LogP contribution in [0.5, 0.6) is 11.5 Å². The van der Waals surface area contributed by atoms with Crippen LogP contribution in [0.15, 0.2) is 54.3 Å². The van der Waals surface area contributed by atoms with Gasteiger partial charge >= 0.3 is 30.1 Å². The Hall–Kier alpha value is -4.63. The molecule has 15 heteroatoms. The standard InChI is InChI=1S/C30H31NO9.C2HF3O2/c1-16(37-28(35)24(38-17(2)32)18-7-5-4-6-8-18)27(34)39-21-11-12-30(36)22-15-19-9-10-20(33)25-23(19)29(30,26(21)40-25)13-14-31(22)3;3-2(4,5)1(6)7/h4-11,16,22,24,26,33,36H,12-15H2,1-3H3;(H,6,7)/t16-,22?,24-,26-,29-,30-;/m0./s1. The lowest BCUT2D eigenvalue weighted by Gasteiger charge is -2.61. The van der Waals surface area contributed by atoms with Crippen molar-refractivity contribution in [3.8, 4) is 11.5 Å². The van der Waals surface area contributed by atoms with Crippen molar-refractivity contribution in [2.45, 2.75) is 74.7 Å². The van der Waals surface area contributed by atoms with Crippen molar-refractivity contribution in [3.63, 3.8) is 0 Å². The predicted molar refractivity (Wildman–Crippen MR) is 153 cm³/mol. The van der Waals surface area contributed by atoms with Gasteiger partial charge in [-0.1, -0.05) is 36.4 Å². The van der Waals surface area contributed by atoms with Gasteiger partial charge in [-0.05, 0) is 51.1 Å². The van der Waals surface area contributed by atoms with E-state index in [0.29, 0.717) is 30.7 Å². The first-order valence-corrected chi connectivity index (χ1v) is 14.6. The number of rotatable bonds is 6. The summed E-state index contributed by atoms with van der Waals surface area (Å²) in [6, 6.07) is 11.6. The number of aliphatic carboxylic acids is 1. The number of alkyl halides is 3. The fourth-order valence-electron chi connectivity index (χ4n) is 6.97. The Morgan fingerprint density at radius 1 is 1.06 bits per heavy atom. The molecule has 1 fully saturated rings. The van der Waals surface area contributed by atoms with Gasteiger partial charge in [0.05, 0.1) is 11.0 Å². The zero-order valence-corrected chi connectivity index (χ0v) is 25.4. The second-order valence-electron chi connectivity index (χ2n) is 11.8. The number of hydrogen-bond donors (Lipinski definition) is 3. The molecule has 252 valence electrons. The van der Waals surface area contributed by atoms with Gasteiger partial charge in [0.1, 0.15) is 5.76 Å². The number of aliphatic hydroxyl groups is 1. The summed E-state index contributed by atoms with van der Waals surface area (Å²) in [5.74, 6) is -4.73. The SMILES string of the molecule is CC(=O)O[C@H](C(=O)O[C@@H](C)C(=O)OC1=CC[C@]2(O)C3Cc4ccc(O)c5c4[C@@]2(CCN3C)[C@H]1O5)c1ccccc1.O=C(O)C(F)(F)F. The Balaban J connectivity index is 0.000000559. The molecule has 1 unspecified atom stereocenters. The molecule has 0 aromatic heterocycles. The van der Waals surface area contributed by atoms with E-state index in [9.17, 15) is 37.8 Å². The van der Waals surface area contributed by atoms with E-state index in [1.165, 1.54) is 13.8 Å². The van der Waals surface area contributed by atoms with E-state index in [1.807, 2.05) is 13.1 Å². The Kier molecular flexibility index (Phi) is 8.75. The second kappa shape index (κ2) is 12.2. The lowest BCUT2D eigenvalue weighted by Crippen LogP contribution is -2.74. The van der Waals surface area contributed by atoms with Gasteiger partial charge in [-0.2, -0.15) is 13.2 Å². The molecule has 4 aliphatic rings. The Morgan fingerprint density at radius 3 is 2.34 bits per heavy atom. The highest BCUT2D eigenvalue weighted by molar-refractivity contribution is 5.84. The van der Waals surface area contributed by atoms with Crippen molar-refractivity contribution in [1.82, 2.24) is 4.90 Å². The number of aromatic hydroxyl groups is 1. The molecular weight excluding hydrogens is 631 g/mol. The van der Waals surface area contributed by atoms with E-state index in [2.05, 4.69) is 4.90 Å². The Labute approximate surface area is 266 Å². The van der Waals surface area contributed by atoms with Crippen LogP contribution in [0.1, 0.15) is 49.5 Å². The van der Waals surface area contributed by atoms with Crippen LogP contribution in [-0.4, -0.2) is 87.7 Å². The quantitative estimate of drug-likeness (QED) is 0.306. The molecule has 0 amide bonds. The van der Waals surface area contributed by atoms with Crippen LogP contribution >= 0.6 is 0 Å². The third-order valence-corrected chi connectivity index (χ3v) is 9.04. The zero-order valence-electron chi connectivity index (χ0n) is 25.4. The van der Waals surface area contributed by atoms with Gasteiger partial charge in [0.15, 0.2) is 23.7 Å². The number of carbonyl (C=O) groups excluding carboxylic acids is 3. The largest absolute Gasteiger partial charge is 0.504 e. The van der Waals surface area contributed by atoms with E-state index < -0.39 is 59.4 Å². The van der Waals surface area contributed by atoms with Crippen molar-refractivity contribution < 1.29 is 66.6 Å². The van der Waals surface area contributed by atoms with Gasteiger partial charge in [0, 0.05) is 30.5 Å². The molecule has 2 heterocycles. The van der Waals surface area contributed by atoms with Gasteiger partial charge in [-0.25, -0.2) is 14.4 Å². The normalized spacial score (nSPS) is 26.6. The number of carbonyl (C=O) groups is 4. The number of carboxylic acids is 1. The molecule has 1 spiro atoms. The first-order chi connectivity index (χ1) is 22.0. The highest BCUT2D eigenvalue weighted by atomic mass is 19.4. The number of likely N-dealkylation sites (tertiary alicyclic amines) is 1. The zero-order chi connectivity index (χ0) is 34.5. The summed E-state index contributed by atoms with van der Waals surface area (Å²) in [4.78, 5) is 48.8. The van der Waals surface area contributed by atoms with Crippen molar-refractivity contribution in [2.75, 3.05) is 13.6 Å². The van der Waals surface area contributed by atoms with Gasteiger partial charge in [-0.3, -0.25) is 4.79 Å². The Bertz CT molecular complexity index is 1630. The fourth-order valence-corrected chi connectivity index (χ4v) is 6.97. The number of nitrogens with zero attached hydrogens (tertiary/aromatic N) is 1. The monoisotopic (exact) mass is 663 g/mol. The second-order valence-corrected chi connectivity index (χ2v) is 11.8. The van der Waals surface area contributed by atoms with E-state index in [0.717, 1.165) is 11.1 Å². The molecule has 47 heavy (non-hydrogen) atoms. The summed E-state index contributed by atoms with van der Waals surface area (Å²) in [6.07, 6.45) is -5.60. The number of phenols is 1. The van der Waals surface area contributed by atoms with E-state index in [4.69, 9.17) is 28.8 Å². The average Bonchev–Trinajstić information content (AvgIpc) is 3.37.